The highest BCUT2D eigenvalue weighted by Crippen LogP contribution is 2.19. The van der Waals surface area contributed by atoms with E-state index in [0.29, 0.717) is 26.2 Å². The van der Waals surface area contributed by atoms with Gasteiger partial charge in [0, 0.05) is 45.0 Å². The van der Waals surface area contributed by atoms with Crippen LogP contribution in [0.3, 0.4) is 0 Å². The van der Waals surface area contributed by atoms with E-state index in [1.54, 1.807) is 0 Å². The van der Waals surface area contributed by atoms with Gasteiger partial charge in [-0.05, 0) is 38.8 Å². The average Bonchev–Trinajstić information content (AvgIpc) is 2.64. The van der Waals surface area contributed by atoms with E-state index in [1.807, 2.05) is 36.9 Å². The molecule has 1 aromatic carbocycles. The molecule has 0 unspecified atom stereocenters. The number of piperazine rings is 1. The van der Waals surface area contributed by atoms with Crippen LogP contribution in [0, 0.1) is 13.8 Å². The number of carbonyl (C=O) groups is 2. The smallest absolute Gasteiger partial charge is 0.238 e. The number of ether oxygens (including phenoxy) is 1. The number of aryl methyl sites for hydroxylation is 2. The number of nitrogens with zero attached hydrogens (tertiary/aromatic N) is 3. The maximum absolute atomic E-state index is 12.7. The van der Waals surface area contributed by atoms with Gasteiger partial charge in [0.25, 0.3) is 0 Å². The first-order valence-electron chi connectivity index (χ1n) is 10.6. The number of anilines is 1. The van der Waals surface area contributed by atoms with E-state index < -0.39 is 0 Å². The van der Waals surface area contributed by atoms with Crippen LogP contribution in [-0.4, -0.2) is 91.1 Å². The second-order valence-electron chi connectivity index (χ2n) is 8.42. The average molecular weight is 403 g/mol. The molecule has 2 atom stereocenters. The van der Waals surface area contributed by atoms with Gasteiger partial charge in [-0.1, -0.05) is 18.2 Å². The fourth-order valence-corrected chi connectivity index (χ4v) is 4.25. The number of carbonyl (C=O) groups excluding carboxylic acids is 2. The molecule has 0 aliphatic carbocycles. The molecule has 2 amide bonds. The predicted octanol–water partition coefficient (Wildman–Crippen LogP) is 1.50. The van der Waals surface area contributed by atoms with E-state index >= 15 is 0 Å². The zero-order valence-corrected chi connectivity index (χ0v) is 18.1. The summed E-state index contributed by atoms with van der Waals surface area (Å²) in [6.45, 7) is 13.3. The summed E-state index contributed by atoms with van der Waals surface area (Å²) in [5.74, 6) is 0.171. The molecule has 7 nitrogen and oxygen atoms in total. The van der Waals surface area contributed by atoms with Gasteiger partial charge in [0.1, 0.15) is 0 Å². The van der Waals surface area contributed by atoms with E-state index in [-0.39, 0.29) is 24.0 Å². The summed E-state index contributed by atoms with van der Waals surface area (Å²) >= 11 is 0. The predicted molar refractivity (Wildman–Crippen MR) is 114 cm³/mol. The zero-order valence-electron chi connectivity index (χ0n) is 18.1. The number of benzene rings is 1. The molecule has 2 aliphatic rings. The number of para-hydroxylation sites is 1. The van der Waals surface area contributed by atoms with Gasteiger partial charge in [-0.15, -0.1) is 0 Å². The SMILES string of the molecule is Cc1cccc(C)c1NC(=O)CN1CCN(C(=O)CN2C[C@H](C)O[C@@H](C)C2)CC1. The molecule has 0 spiro atoms. The Kier molecular flexibility index (Phi) is 7.27. The van der Waals surface area contributed by atoms with Crippen molar-refractivity contribution < 1.29 is 14.3 Å². The van der Waals surface area contributed by atoms with Gasteiger partial charge >= 0.3 is 0 Å². The molecule has 7 heteroatoms. The summed E-state index contributed by atoms with van der Waals surface area (Å²) in [6.07, 6.45) is 0.331. The third-order valence-corrected chi connectivity index (χ3v) is 5.69. The fraction of sp³-hybridized carbons (Fsp3) is 0.636. The number of morpholine rings is 1. The summed E-state index contributed by atoms with van der Waals surface area (Å²) < 4.78 is 5.74. The van der Waals surface area contributed by atoms with Crippen molar-refractivity contribution in [3.8, 4) is 0 Å². The van der Waals surface area contributed by atoms with Crippen LogP contribution in [0.4, 0.5) is 5.69 Å². The fourth-order valence-electron chi connectivity index (χ4n) is 4.25. The molecule has 2 aliphatic heterocycles. The van der Waals surface area contributed by atoms with Gasteiger partial charge in [-0.25, -0.2) is 0 Å². The summed E-state index contributed by atoms with van der Waals surface area (Å²) in [6, 6.07) is 6.00. The first-order chi connectivity index (χ1) is 13.8. The third kappa shape index (κ3) is 6.01. The molecule has 0 radical (unpaired) electrons. The lowest BCUT2D eigenvalue weighted by atomic mass is 10.1. The monoisotopic (exact) mass is 402 g/mol. The first kappa shape index (κ1) is 21.7. The largest absolute Gasteiger partial charge is 0.373 e. The van der Waals surface area contributed by atoms with Crippen LogP contribution in [0.5, 0.6) is 0 Å². The summed E-state index contributed by atoms with van der Waals surface area (Å²) in [5.41, 5.74) is 3.04. The molecule has 0 bridgehead atoms. The molecule has 2 fully saturated rings. The Labute approximate surface area is 174 Å². The number of rotatable bonds is 5. The standard InChI is InChI=1S/C22H34N4O3/c1-16-6-5-7-17(2)22(16)23-20(27)14-24-8-10-26(11-9-24)21(28)15-25-12-18(3)29-19(4)13-25/h5-7,18-19H,8-15H2,1-4H3,(H,23,27)/t18-,19-/m0/s1. The molecule has 3 rings (SSSR count). The van der Waals surface area contributed by atoms with Crippen molar-refractivity contribution in [1.82, 2.24) is 14.7 Å². The minimum absolute atomic E-state index is 0.00142. The Morgan fingerprint density at radius 3 is 2.14 bits per heavy atom. The molecule has 160 valence electrons. The lowest BCUT2D eigenvalue weighted by Crippen LogP contribution is -2.54. The lowest BCUT2D eigenvalue weighted by molar-refractivity contribution is -0.137. The summed E-state index contributed by atoms with van der Waals surface area (Å²) in [4.78, 5) is 31.4. The van der Waals surface area contributed by atoms with Crippen molar-refractivity contribution in [3.05, 3.63) is 29.3 Å². The van der Waals surface area contributed by atoms with Gasteiger partial charge in [0.2, 0.25) is 11.8 Å². The van der Waals surface area contributed by atoms with Crippen LogP contribution >= 0.6 is 0 Å². The molecule has 29 heavy (non-hydrogen) atoms. The van der Waals surface area contributed by atoms with Crippen molar-refractivity contribution in [2.45, 2.75) is 39.9 Å². The number of amides is 2. The molecule has 2 saturated heterocycles. The van der Waals surface area contributed by atoms with Crippen molar-refractivity contribution in [3.63, 3.8) is 0 Å². The topological polar surface area (TPSA) is 65.1 Å². The molecular formula is C22H34N4O3. The normalized spacial score (nSPS) is 23.8. The Bertz CT molecular complexity index is 701. The van der Waals surface area contributed by atoms with Gasteiger partial charge in [0.15, 0.2) is 0 Å². The van der Waals surface area contributed by atoms with Crippen LogP contribution in [0.2, 0.25) is 0 Å². The lowest BCUT2D eigenvalue weighted by Gasteiger charge is -2.38. The van der Waals surface area contributed by atoms with Crippen LogP contribution < -0.4 is 5.32 Å². The van der Waals surface area contributed by atoms with E-state index in [1.165, 1.54) is 0 Å². The minimum Gasteiger partial charge on any atom is -0.373 e. The van der Waals surface area contributed by atoms with Crippen LogP contribution in [0.15, 0.2) is 18.2 Å². The van der Waals surface area contributed by atoms with Gasteiger partial charge in [0.05, 0.1) is 25.3 Å². The van der Waals surface area contributed by atoms with E-state index in [4.69, 9.17) is 4.74 Å². The highest BCUT2D eigenvalue weighted by molar-refractivity contribution is 5.93. The van der Waals surface area contributed by atoms with Crippen LogP contribution in [0.25, 0.3) is 0 Å². The van der Waals surface area contributed by atoms with Crippen LogP contribution in [-0.2, 0) is 14.3 Å². The second kappa shape index (κ2) is 9.69. The molecular weight excluding hydrogens is 368 g/mol. The Morgan fingerprint density at radius 2 is 1.55 bits per heavy atom. The Hall–Kier alpha value is -1.96. The van der Waals surface area contributed by atoms with Crippen molar-refractivity contribution in [2.75, 3.05) is 57.7 Å². The Morgan fingerprint density at radius 1 is 0.966 bits per heavy atom. The third-order valence-electron chi connectivity index (χ3n) is 5.69. The summed E-state index contributed by atoms with van der Waals surface area (Å²) in [7, 11) is 0. The van der Waals surface area contributed by atoms with Gasteiger partial charge in [-0.3, -0.25) is 19.4 Å². The van der Waals surface area contributed by atoms with Crippen molar-refractivity contribution in [2.24, 2.45) is 0 Å². The summed E-state index contributed by atoms with van der Waals surface area (Å²) in [5, 5.41) is 3.04. The molecule has 1 N–H and O–H groups in total. The zero-order chi connectivity index (χ0) is 21.0. The van der Waals surface area contributed by atoms with Gasteiger partial charge < -0.3 is 15.0 Å². The maximum Gasteiger partial charge on any atom is 0.238 e. The molecule has 0 saturated carbocycles. The number of hydrogen-bond acceptors (Lipinski definition) is 5. The van der Waals surface area contributed by atoms with E-state index in [0.717, 1.165) is 43.0 Å². The molecule has 0 aromatic heterocycles. The quantitative estimate of drug-likeness (QED) is 0.809. The maximum atomic E-state index is 12.7. The highest BCUT2D eigenvalue weighted by atomic mass is 16.5. The minimum atomic E-state index is -0.00142. The molecule has 2 heterocycles. The highest BCUT2D eigenvalue weighted by Gasteiger charge is 2.27. The number of hydrogen-bond donors (Lipinski definition) is 1. The van der Waals surface area contributed by atoms with Gasteiger partial charge in [-0.2, -0.15) is 0 Å². The molecule has 1 aromatic rings. The van der Waals surface area contributed by atoms with Crippen LogP contribution in [0.1, 0.15) is 25.0 Å². The van der Waals surface area contributed by atoms with Crippen molar-refractivity contribution in [1.29, 1.82) is 0 Å². The van der Waals surface area contributed by atoms with Crippen molar-refractivity contribution >= 4 is 17.5 Å². The van der Waals surface area contributed by atoms with E-state index in [2.05, 4.69) is 29.0 Å². The number of nitrogens with one attached hydrogen (secondary N) is 1. The van der Waals surface area contributed by atoms with E-state index in [9.17, 15) is 9.59 Å². The first-order valence-corrected chi connectivity index (χ1v) is 10.6. The Balaban J connectivity index is 1.43. The second-order valence-corrected chi connectivity index (χ2v) is 8.42.